The summed E-state index contributed by atoms with van der Waals surface area (Å²) in [7, 11) is 3.99. The lowest BCUT2D eigenvalue weighted by Gasteiger charge is -2.22. The van der Waals surface area contributed by atoms with Gasteiger partial charge in [-0.05, 0) is 30.5 Å². The fourth-order valence-electron chi connectivity index (χ4n) is 2.97. The van der Waals surface area contributed by atoms with Crippen LogP contribution in [0.25, 0.3) is 0 Å². The van der Waals surface area contributed by atoms with Crippen LogP contribution >= 0.6 is 0 Å². The van der Waals surface area contributed by atoms with Crippen LogP contribution in [0.1, 0.15) is 44.1 Å². The summed E-state index contributed by atoms with van der Waals surface area (Å²) in [4.78, 5) is 25.7. The number of amides is 3. The summed E-state index contributed by atoms with van der Waals surface area (Å²) in [6.07, 6.45) is 6.03. The highest BCUT2D eigenvalue weighted by Gasteiger charge is 2.15. The zero-order valence-electron chi connectivity index (χ0n) is 15.3. The summed E-state index contributed by atoms with van der Waals surface area (Å²) >= 11 is 0. The molecule has 3 amide bonds. The van der Waals surface area contributed by atoms with Crippen molar-refractivity contribution >= 4 is 17.6 Å². The molecule has 0 spiro atoms. The van der Waals surface area contributed by atoms with E-state index in [1.54, 1.807) is 0 Å². The van der Waals surface area contributed by atoms with Gasteiger partial charge in [-0.25, -0.2) is 4.79 Å². The number of carbonyl (C=O) groups is 2. The molecule has 2 rings (SSSR count). The minimum atomic E-state index is -0.168. The summed E-state index contributed by atoms with van der Waals surface area (Å²) in [5.41, 5.74) is 2.19. The fourth-order valence-corrected chi connectivity index (χ4v) is 2.97. The Bertz CT molecular complexity index is 551. The average Bonchev–Trinajstić information content (AvgIpc) is 2.61. The Balaban J connectivity index is 1.59. The number of anilines is 1. The van der Waals surface area contributed by atoms with E-state index < -0.39 is 0 Å². The maximum Gasteiger partial charge on any atom is 0.315 e. The lowest BCUT2D eigenvalue weighted by molar-refractivity contribution is -0.121. The van der Waals surface area contributed by atoms with Gasteiger partial charge in [0, 0.05) is 45.3 Å². The highest BCUT2D eigenvalue weighted by atomic mass is 16.2. The normalized spacial score (nSPS) is 14.6. The van der Waals surface area contributed by atoms with E-state index in [0.717, 1.165) is 24.1 Å². The molecular weight excluding hydrogens is 316 g/mol. The van der Waals surface area contributed by atoms with Crippen LogP contribution in [0.5, 0.6) is 0 Å². The Morgan fingerprint density at radius 3 is 2.36 bits per heavy atom. The molecular formula is C19H30N4O2. The highest BCUT2D eigenvalue weighted by Crippen LogP contribution is 2.17. The molecule has 1 aromatic rings. The molecule has 0 aliphatic heterocycles. The maximum absolute atomic E-state index is 11.9. The molecule has 0 unspecified atom stereocenters. The van der Waals surface area contributed by atoms with Gasteiger partial charge in [-0.3, -0.25) is 4.79 Å². The number of benzene rings is 1. The van der Waals surface area contributed by atoms with Crippen LogP contribution in [0, 0.1) is 0 Å². The number of carbonyl (C=O) groups excluding carboxylic acids is 2. The van der Waals surface area contributed by atoms with Gasteiger partial charge in [0.15, 0.2) is 0 Å². The van der Waals surface area contributed by atoms with Crippen molar-refractivity contribution in [1.29, 1.82) is 0 Å². The molecule has 0 atom stereocenters. The minimum absolute atomic E-state index is 0.0605. The van der Waals surface area contributed by atoms with Crippen LogP contribution in [0.4, 0.5) is 10.5 Å². The van der Waals surface area contributed by atoms with E-state index in [2.05, 4.69) is 16.0 Å². The lowest BCUT2D eigenvalue weighted by Crippen LogP contribution is -2.43. The van der Waals surface area contributed by atoms with Gasteiger partial charge in [0.25, 0.3) is 0 Å². The van der Waals surface area contributed by atoms with Crippen molar-refractivity contribution < 1.29 is 9.59 Å². The zero-order chi connectivity index (χ0) is 18.1. The number of rotatable bonds is 7. The number of hydrogen-bond donors (Lipinski definition) is 3. The molecule has 0 saturated heterocycles. The van der Waals surface area contributed by atoms with E-state index in [1.165, 1.54) is 19.3 Å². The van der Waals surface area contributed by atoms with Gasteiger partial charge in [0.1, 0.15) is 0 Å². The van der Waals surface area contributed by atoms with E-state index in [4.69, 9.17) is 0 Å². The molecule has 138 valence electrons. The van der Waals surface area contributed by atoms with Crippen molar-refractivity contribution in [3.8, 4) is 0 Å². The lowest BCUT2D eigenvalue weighted by atomic mass is 9.96. The third-order valence-electron chi connectivity index (χ3n) is 4.52. The molecule has 0 radical (unpaired) electrons. The second kappa shape index (κ2) is 9.91. The Morgan fingerprint density at radius 2 is 1.72 bits per heavy atom. The monoisotopic (exact) mass is 346 g/mol. The summed E-state index contributed by atoms with van der Waals surface area (Å²) in [5, 5.41) is 8.62. The minimum Gasteiger partial charge on any atom is -0.378 e. The summed E-state index contributed by atoms with van der Waals surface area (Å²) in [6.45, 7) is 0.852. The van der Waals surface area contributed by atoms with E-state index in [-0.39, 0.29) is 24.4 Å². The molecule has 1 aliphatic rings. The van der Waals surface area contributed by atoms with Crippen LogP contribution in [-0.2, 0) is 11.3 Å². The van der Waals surface area contributed by atoms with Crippen molar-refractivity contribution in [1.82, 2.24) is 16.0 Å². The maximum atomic E-state index is 11.9. The van der Waals surface area contributed by atoms with E-state index >= 15 is 0 Å². The Hall–Kier alpha value is -2.24. The smallest absolute Gasteiger partial charge is 0.315 e. The molecule has 3 N–H and O–H groups in total. The first-order valence-corrected chi connectivity index (χ1v) is 9.12. The van der Waals surface area contributed by atoms with Gasteiger partial charge in [-0.15, -0.1) is 0 Å². The van der Waals surface area contributed by atoms with Crippen LogP contribution in [0.15, 0.2) is 24.3 Å². The van der Waals surface area contributed by atoms with Crippen molar-refractivity contribution in [3.05, 3.63) is 29.8 Å². The number of urea groups is 1. The van der Waals surface area contributed by atoms with Gasteiger partial charge in [0.05, 0.1) is 0 Å². The van der Waals surface area contributed by atoms with Crippen molar-refractivity contribution in [2.45, 2.75) is 51.1 Å². The predicted octanol–water partition coefficient (Wildman–Crippen LogP) is 2.39. The Morgan fingerprint density at radius 1 is 1.04 bits per heavy atom. The summed E-state index contributed by atoms with van der Waals surface area (Å²) < 4.78 is 0. The predicted molar refractivity (Wildman–Crippen MR) is 101 cm³/mol. The summed E-state index contributed by atoms with van der Waals surface area (Å²) in [6, 6.07) is 8.18. The second-order valence-corrected chi connectivity index (χ2v) is 6.82. The molecule has 0 aromatic heterocycles. The summed E-state index contributed by atoms with van der Waals surface area (Å²) in [5.74, 6) is -0.0605. The first-order chi connectivity index (χ1) is 12.0. The van der Waals surface area contributed by atoms with Crippen molar-refractivity contribution in [2.24, 2.45) is 0 Å². The first kappa shape index (κ1) is 19.1. The van der Waals surface area contributed by atoms with Crippen LogP contribution in [0.3, 0.4) is 0 Å². The van der Waals surface area contributed by atoms with Crippen molar-refractivity contribution in [3.63, 3.8) is 0 Å². The van der Waals surface area contributed by atoms with E-state index in [0.29, 0.717) is 13.1 Å². The molecule has 1 fully saturated rings. The van der Waals surface area contributed by atoms with Crippen LogP contribution in [-0.4, -0.2) is 38.6 Å². The standard InChI is InChI=1S/C19H30N4O2/c1-23(2)17-10-8-15(9-11-17)14-21-18(24)12-13-20-19(25)22-16-6-4-3-5-7-16/h8-11,16H,3-7,12-14H2,1-2H3,(H,21,24)(H2,20,22,25). The van der Waals surface area contributed by atoms with Crippen molar-refractivity contribution in [2.75, 3.05) is 25.5 Å². The van der Waals surface area contributed by atoms with Crippen LogP contribution < -0.4 is 20.9 Å². The Labute approximate surface area is 150 Å². The molecule has 1 aromatic carbocycles. The highest BCUT2D eigenvalue weighted by molar-refractivity contribution is 5.78. The van der Waals surface area contributed by atoms with Gasteiger partial charge in [-0.2, -0.15) is 0 Å². The van der Waals surface area contributed by atoms with Gasteiger partial charge in [0.2, 0.25) is 5.91 Å². The van der Waals surface area contributed by atoms with Crippen LogP contribution in [0.2, 0.25) is 0 Å². The second-order valence-electron chi connectivity index (χ2n) is 6.82. The zero-order valence-corrected chi connectivity index (χ0v) is 15.3. The largest absolute Gasteiger partial charge is 0.378 e. The SMILES string of the molecule is CN(C)c1ccc(CNC(=O)CCNC(=O)NC2CCCCC2)cc1. The molecule has 1 aliphatic carbocycles. The molecule has 1 saturated carbocycles. The van der Waals surface area contributed by atoms with Gasteiger partial charge >= 0.3 is 6.03 Å². The molecule has 6 nitrogen and oxygen atoms in total. The third-order valence-corrected chi connectivity index (χ3v) is 4.52. The number of hydrogen-bond acceptors (Lipinski definition) is 3. The Kier molecular flexibility index (Phi) is 7.57. The fraction of sp³-hybridized carbons (Fsp3) is 0.579. The van der Waals surface area contributed by atoms with Gasteiger partial charge < -0.3 is 20.9 Å². The van der Waals surface area contributed by atoms with E-state index in [1.807, 2.05) is 43.3 Å². The quantitative estimate of drug-likeness (QED) is 0.710. The molecule has 0 bridgehead atoms. The molecule has 6 heteroatoms. The first-order valence-electron chi connectivity index (χ1n) is 9.12. The molecule has 25 heavy (non-hydrogen) atoms. The van der Waals surface area contributed by atoms with Gasteiger partial charge in [-0.1, -0.05) is 31.4 Å². The number of nitrogens with one attached hydrogen (secondary N) is 3. The average molecular weight is 346 g/mol. The van der Waals surface area contributed by atoms with E-state index in [9.17, 15) is 9.59 Å². The number of nitrogens with zero attached hydrogens (tertiary/aromatic N) is 1. The topological polar surface area (TPSA) is 73.5 Å². The molecule has 0 heterocycles. The third kappa shape index (κ3) is 7.03.